The molecule has 0 saturated heterocycles. The van der Waals surface area contributed by atoms with Gasteiger partial charge in [-0.3, -0.25) is 4.57 Å². The van der Waals surface area contributed by atoms with E-state index in [1.807, 2.05) is 0 Å². The first kappa shape index (κ1) is 7.38. The first-order valence-corrected chi connectivity index (χ1v) is 4.78. The van der Waals surface area contributed by atoms with Crippen molar-refractivity contribution in [3.05, 3.63) is 18.6 Å². The maximum absolute atomic E-state index is 10.9. The van der Waals surface area contributed by atoms with Gasteiger partial charge in [0.05, 0.1) is 0 Å². The summed E-state index contributed by atoms with van der Waals surface area (Å²) in [6, 6.07) is 1.43. The van der Waals surface area contributed by atoms with E-state index in [2.05, 4.69) is 9.97 Å². The van der Waals surface area contributed by atoms with Gasteiger partial charge in [-0.2, -0.15) is 0 Å². The molecule has 0 spiro atoms. The minimum atomic E-state index is -3.17. The van der Waals surface area contributed by atoms with Crippen LogP contribution in [0.2, 0.25) is 0 Å². The van der Waals surface area contributed by atoms with Gasteiger partial charge in [0.2, 0.25) is 7.37 Å². The Labute approximate surface area is 58.4 Å². The number of rotatable bonds is 1. The fourth-order valence-electron chi connectivity index (χ4n) is 0.529. The molecule has 0 aliphatic heterocycles. The molecule has 1 atom stereocenters. The molecule has 0 aliphatic rings. The summed E-state index contributed by atoms with van der Waals surface area (Å²) >= 11 is 0. The average Bonchev–Trinajstić information content (AvgIpc) is 1.88. The van der Waals surface area contributed by atoms with Crippen molar-refractivity contribution < 1.29 is 9.46 Å². The topological polar surface area (TPSA) is 63.1 Å². The van der Waals surface area contributed by atoms with E-state index < -0.39 is 7.37 Å². The van der Waals surface area contributed by atoms with Crippen molar-refractivity contribution in [2.45, 2.75) is 0 Å². The van der Waals surface area contributed by atoms with E-state index in [4.69, 9.17) is 4.89 Å². The Kier molecular flexibility index (Phi) is 1.83. The van der Waals surface area contributed by atoms with E-state index in [1.54, 1.807) is 0 Å². The third-order valence-electron chi connectivity index (χ3n) is 0.991. The fourth-order valence-corrected chi connectivity index (χ4v) is 1.14. The number of hydrogen-bond donors (Lipinski definition) is 1. The quantitative estimate of drug-likeness (QED) is 0.584. The Morgan fingerprint density at radius 3 is 2.70 bits per heavy atom. The molecule has 1 rings (SSSR count). The zero-order chi connectivity index (χ0) is 7.61. The van der Waals surface area contributed by atoms with Crippen molar-refractivity contribution in [3.8, 4) is 0 Å². The van der Waals surface area contributed by atoms with Crippen molar-refractivity contribution in [2.75, 3.05) is 6.66 Å². The summed E-state index contributed by atoms with van der Waals surface area (Å²) in [4.78, 5) is 16.2. The molecule has 0 aliphatic carbocycles. The zero-order valence-corrected chi connectivity index (χ0v) is 6.32. The summed E-state index contributed by atoms with van der Waals surface area (Å²) in [5, 5.41) is 0. The van der Waals surface area contributed by atoms with Crippen molar-refractivity contribution in [3.63, 3.8) is 0 Å². The zero-order valence-electron chi connectivity index (χ0n) is 5.43. The smallest absolute Gasteiger partial charge is 0.244 e. The lowest BCUT2D eigenvalue weighted by Crippen LogP contribution is -2.07. The minimum absolute atomic E-state index is 0.197. The molecule has 0 radical (unpaired) electrons. The van der Waals surface area contributed by atoms with E-state index >= 15 is 0 Å². The molecule has 0 amide bonds. The van der Waals surface area contributed by atoms with Crippen LogP contribution >= 0.6 is 7.37 Å². The molecule has 0 fully saturated rings. The van der Waals surface area contributed by atoms with Gasteiger partial charge in [-0.05, 0) is 6.07 Å². The molecule has 0 bridgehead atoms. The Morgan fingerprint density at radius 1 is 1.70 bits per heavy atom. The number of aromatic nitrogens is 2. The van der Waals surface area contributed by atoms with Gasteiger partial charge in [0.25, 0.3) is 0 Å². The predicted octanol–water partition coefficient (Wildman–Crippen LogP) is 0.00210. The molecule has 5 heteroatoms. The summed E-state index contributed by atoms with van der Waals surface area (Å²) < 4.78 is 10.9. The van der Waals surface area contributed by atoms with Crippen LogP contribution in [0.4, 0.5) is 0 Å². The van der Waals surface area contributed by atoms with Crippen LogP contribution in [0.1, 0.15) is 0 Å². The van der Waals surface area contributed by atoms with Crippen LogP contribution in [0.25, 0.3) is 0 Å². The van der Waals surface area contributed by atoms with Crippen LogP contribution in [0.5, 0.6) is 0 Å². The largest absolute Gasteiger partial charge is 0.340 e. The lowest BCUT2D eigenvalue weighted by Gasteiger charge is -2.00. The Balaban J connectivity index is 3.09. The van der Waals surface area contributed by atoms with Crippen LogP contribution < -0.4 is 5.44 Å². The monoisotopic (exact) mass is 158 g/mol. The maximum Gasteiger partial charge on any atom is 0.244 e. The van der Waals surface area contributed by atoms with Crippen LogP contribution in [-0.2, 0) is 4.57 Å². The Hall–Kier alpha value is -0.730. The normalized spacial score (nSPS) is 16.2. The third-order valence-corrected chi connectivity index (χ3v) is 2.11. The molecule has 1 aromatic heterocycles. The van der Waals surface area contributed by atoms with Crippen molar-refractivity contribution in [1.29, 1.82) is 0 Å². The molecule has 0 saturated carbocycles. The second kappa shape index (κ2) is 2.48. The highest BCUT2D eigenvalue weighted by Gasteiger charge is 2.13. The highest BCUT2D eigenvalue weighted by molar-refractivity contribution is 7.65. The molecule has 54 valence electrons. The lowest BCUT2D eigenvalue weighted by atomic mass is 10.7. The van der Waals surface area contributed by atoms with Gasteiger partial charge in [0.1, 0.15) is 11.8 Å². The Bertz CT molecular complexity index is 256. The minimum Gasteiger partial charge on any atom is -0.340 e. The second-order valence-corrected chi connectivity index (χ2v) is 4.16. The van der Waals surface area contributed by atoms with Gasteiger partial charge in [-0.1, -0.05) is 0 Å². The van der Waals surface area contributed by atoms with Crippen LogP contribution in [0, 0.1) is 0 Å². The SMILES string of the molecule is CP(=O)(O)c1ccncn1. The van der Waals surface area contributed by atoms with Gasteiger partial charge in [-0.15, -0.1) is 0 Å². The number of hydrogen-bond acceptors (Lipinski definition) is 3. The predicted molar refractivity (Wildman–Crippen MR) is 37.4 cm³/mol. The van der Waals surface area contributed by atoms with E-state index in [9.17, 15) is 4.57 Å². The Morgan fingerprint density at radius 2 is 2.40 bits per heavy atom. The molecule has 10 heavy (non-hydrogen) atoms. The van der Waals surface area contributed by atoms with E-state index in [0.717, 1.165) is 0 Å². The molecule has 1 heterocycles. The molecule has 1 unspecified atom stereocenters. The van der Waals surface area contributed by atoms with Gasteiger partial charge in [-0.25, -0.2) is 9.97 Å². The second-order valence-electron chi connectivity index (χ2n) is 1.95. The molecule has 1 N–H and O–H groups in total. The van der Waals surface area contributed by atoms with E-state index in [0.29, 0.717) is 0 Å². The lowest BCUT2D eigenvalue weighted by molar-refractivity contribution is 0.495. The molecule has 0 aromatic carbocycles. The third kappa shape index (κ3) is 1.62. The van der Waals surface area contributed by atoms with Crippen molar-refractivity contribution >= 4 is 12.8 Å². The van der Waals surface area contributed by atoms with Crippen LogP contribution in [-0.4, -0.2) is 21.5 Å². The number of nitrogens with zero attached hydrogens (tertiary/aromatic N) is 2. The highest BCUT2D eigenvalue weighted by atomic mass is 31.2. The highest BCUT2D eigenvalue weighted by Crippen LogP contribution is 2.31. The fraction of sp³-hybridized carbons (Fsp3) is 0.200. The summed E-state index contributed by atoms with van der Waals surface area (Å²) in [7, 11) is -3.17. The molecular weight excluding hydrogens is 151 g/mol. The van der Waals surface area contributed by atoms with Gasteiger partial charge in [0, 0.05) is 12.9 Å². The average molecular weight is 158 g/mol. The van der Waals surface area contributed by atoms with E-state index in [1.165, 1.54) is 25.3 Å². The molecule has 4 nitrogen and oxygen atoms in total. The maximum atomic E-state index is 10.9. The van der Waals surface area contributed by atoms with Crippen molar-refractivity contribution in [2.24, 2.45) is 0 Å². The van der Waals surface area contributed by atoms with Crippen LogP contribution in [0.15, 0.2) is 18.6 Å². The summed E-state index contributed by atoms with van der Waals surface area (Å²) in [5.74, 6) is 0. The molecule has 1 aromatic rings. The van der Waals surface area contributed by atoms with Gasteiger partial charge in [0.15, 0.2) is 0 Å². The summed E-state index contributed by atoms with van der Waals surface area (Å²) in [6.07, 6.45) is 2.69. The summed E-state index contributed by atoms with van der Waals surface area (Å²) in [6.45, 7) is 1.25. The first-order valence-electron chi connectivity index (χ1n) is 2.67. The van der Waals surface area contributed by atoms with Gasteiger partial charge >= 0.3 is 0 Å². The van der Waals surface area contributed by atoms with Crippen molar-refractivity contribution in [1.82, 2.24) is 9.97 Å². The first-order chi connectivity index (χ1) is 4.61. The van der Waals surface area contributed by atoms with E-state index in [-0.39, 0.29) is 5.44 Å². The van der Waals surface area contributed by atoms with Crippen LogP contribution in [0.3, 0.4) is 0 Å². The summed E-state index contributed by atoms with van der Waals surface area (Å²) in [5.41, 5.74) is 0.197. The molecular formula is C5H7N2O2P. The van der Waals surface area contributed by atoms with Gasteiger partial charge < -0.3 is 4.89 Å². The standard InChI is InChI=1S/C5H7N2O2P/c1-10(8,9)5-2-3-6-4-7-5/h2-4H,1H3,(H,8,9).